The number of urea groups is 1. The summed E-state index contributed by atoms with van der Waals surface area (Å²) in [7, 11) is 1.85. The summed E-state index contributed by atoms with van der Waals surface area (Å²) in [5, 5.41) is 6.58. The first-order valence-electron chi connectivity index (χ1n) is 6.89. The third-order valence-corrected chi connectivity index (χ3v) is 4.66. The van der Waals surface area contributed by atoms with E-state index in [1.807, 2.05) is 20.9 Å². The summed E-state index contributed by atoms with van der Waals surface area (Å²) in [5.41, 5.74) is 0. The number of amides is 2. The summed E-state index contributed by atoms with van der Waals surface area (Å²) in [4.78, 5) is 16.1. The fourth-order valence-corrected chi connectivity index (χ4v) is 2.99. The molecular weight excluding hydrogens is 258 g/mol. The van der Waals surface area contributed by atoms with Crippen LogP contribution in [0.3, 0.4) is 0 Å². The molecule has 5 heteroatoms. The molecule has 1 aliphatic rings. The Morgan fingerprint density at radius 2 is 2.16 bits per heavy atom. The maximum Gasteiger partial charge on any atom is 0.317 e. The fourth-order valence-electron chi connectivity index (χ4n) is 2.20. The van der Waals surface area contributed by atoms with Gasteiger partial charge in [-0.2, -0.15) is 0 Å². The SMILES string of the molecule is CC(C)N(C)C(=O)NC1CCN(c2cccs2)CC1. The van der Waals surface area contributed by atoms with Crippen molar-refractivity contribution >= 4 is 22.4 Å². The van der Waals surface area contributed by atoms with Gasteiger partial charge in [-0.05, 0) is 44.2 Å². The average Bonchev–Trinajstić information content (AvgIpc) is 2.92. The molecule has 2 amide bonds. The van der Waals surface area contributed by atoms with E-state index in [0.29, 0.717) is 6.04 Å². The molecule has 0 spiro atoms. The molecule has 1 aromatic heterocycles. The van der Waals surface area contributed by atoms with E-state index in [2.05, 4.69) is 27.7 Å². The van der Waals surface area contributed by atoms with Gasteiger partial charge in [0.25, 0.3) is 0 Å². The highest BCUT2D eigenvalue weighted by Crippen LogP contribution is 2.24. The van der Waals surface area contributed by atoms with Crippen LogP contribution in [-0.2, 0) is 0 Å². The predicted molar refractivity (Wildman–Crippen MR) is 81.0 cm³/mol. The molecule has 0 aromatic carbocycles. The largest absolute Gasteiger partial charge is 0.363 e. The van der Waals surface area contributed by atoms with Crippen molar-refractivity contribution < 1.29 is 4.79 Å². The summed E-state index contributed by atoms with van der Waals surface area (Å²) in [6, 6.07) is 4.85. The van der Waals surface area contributed by atoms with E-state index in [1.165, 1.54) is 5.00 Å². The molecule has 4 nitrogen and oxygen atoms in total. The van der Waals surface area contributed by atoms with Crippen molar-refractivity contribution in [1.29, 1.82) is 0 Å². The summed E-state index contributed by atoms with van der Waals surface area (Å²) in [5.74, 6) is 0. The number of carbonyl (C=O) groups is 1. The smallest absolute Gasteiger partial charge is 0.317 e. The van der Waals surface area contributed by atoms with Crippen LogP contribution in [-0.4, -0.2) is 43.2 Å². The van der Waals surface area contributed by atoms with Crippen molar-refractivity contribution in [2.75, 3.05) is 25.0 Å². The normalized spacial score (nSPS) is 16.7. The number of piperidine rings is 1. The van der Waals surface area contributed by atoms with Gasteiger partial charge in [-0.3, -0.25) is 0 Å². The van der Waals surface area contributed by atoms with Gasteiger partial charge in [-0.1, -0.05) is 0 Å². The van der Waals surface area contributed by atoms with Crippen molar-refractivity contribution in [2.24, 2.45) is 0 Å². The van der Waals surface area contributed by atoms with Crippen LogP contribution in [0, 0.1) is 0 Å². The highest BCUT2D eigenvalue weighted by Gasteiger charge is 2.22. The van der Waals surface area contributed by atoms with Crippen LogP contribution >= 0.6 is 11.3 Å². The number of rotatable bonds is 3. The topological polar surface area (TPSA) is 35.6 Å². The third kappa shape index (κ3) is 3.62. The van der Waals surface area contributed by atoms with Crippen LogP contribution in [0.1, 0.15) is 26.7 Å². The van der Waals surface area contributed by atoms with E-state index in [0.717, 1.165) is 25.9 Å². The number of nitrogens with zero attached hydrogens (tertiary/aromatic N) is 2. The van der Waals surface area contributed by atoms with Gasteiger partial charge in [0, 0.05) is 32.2 Å². The molecule has 0 aliphatic carbocycles. The lowest BCUT2D eigenvalue weighted by molar-refractivity contribution is 0.191. The number of thiophene rings is 1. The third-order valence-electron chi connectivity index (χ3n) is 3.74. The van der Waals surface area contributed by atoms with Gasteiger partial charge >= 0.3 is 6.03 Å². The summed E-state index contributed by atoms with van der Waals surface area (Å²) < 4.78 is 0. The number of nitrogens with one attached hydrogen (secondary N) is 1. The first-order chi connectivity index (χ1) is 9.08. The Balaban J connectivity index is 1.79. The maximum absolute atomic E-state index is 12.0. The molecule has 2 rings (SSSR count). The highest BCUT2D eigenvalue weighted by molar-refractivity contribution is 7.14. The lowest BCUT2D eigenvalue weighted by atomic mass is 10.1. The highest BCUT2D eigenvalue weighted by atomic mass is 32.1. The van der Waals surface area contributed by atoms with Crippen LogP contribution in [0.4, 0.5) is 9.80 Å². The van der Waals surface area contributed by atoms with Crippen molar-refractivity contribution in [3.63, 3.8) is 0 Å². The zero-order chi connectivity index (χ0) is 13.8. The second-order valence-electron chi connectivity index (χ2n) is 5.37. The Morgan fingerprint density at radius 3 is 2.68 bits per heavy atom. The first kappa shape index (κ1) is 14.2. The van der Waals surface area contributed by atoms with Crippen LogP contribution in [0.15, 0.2) is 17.5 Å². The van der Waals surface area contributed by atoms with Gasteiger partial charge in [-0.25, -0.2) is 4.79 Å². The van der Waals surface area contributed by atoms with Crippen LogP contribution < -0.4 is 10.2 Å². The minimum Gasteiger partial charge on any atom is -0.363 e. The number of carbonyl (C=O) groups excluding carboxylic acids is 1. The molecule has 1 saturated heterocycles. The molecule has 1 aromatic rings. The summed E-state index contributed by atoms with van der Waals surface area (Å²) >= 11 is 1.78. The average molecular weight is 281 g/mol. The molecule has 0 radical (unpaired) electrons. The number of anilines is 1. The van der Waals surface area contributed by atoms with E-state index in [-0.39, 0.29) is 12.1 Å². The van der Waals surface area contributed by atoms with E-state index in [4.69, 9.17) is 0 Å². The van der Waals surface area contributed by atoms with E-state index < -0.39 is 0 Å². The van der Waals surface area contributed by atoms with Crippen LogP contribution in [0.25, 0.3) is 0 Å². The lowest BCUT2D eigenvalue weighted by Gasteiger charge is -2.34. The van der Waals surface area contributed by atoms with E-state index in [9.17, 15) is 4.79 Å². The molecule has 2 heterocycles. The Labute approximate surface area is 119 Å². The molecule has 1 aliphatic heterocycles. The number of hydrogen-bond donors (Lipinski definition) is 1. The van der Waals surface area contributed by atoms with E-state index >= 15 is 0 Å². The number of hydrogen-bond acceptors (Lipinski definition) is 3. The van der Waals surface area contributed by atoms with Crippen LogP contribution in [0.5, 0.6) is 0 Å². The molecule has 1 N–H and O–H groups in total. The molecule has 0 unspecified atom stereocenters. The lowest BCUT2D eigenvalue weighted by Crippen LogP contribution is -2.49. The molecule has 0 saturated carbocycles. The fraction of sp³-hybridized carbons (Fsp3) is 0.643. The minimum atomic E-state index is 0.0459. The van der Waals surface area contributed by atoms with Gasteiger partial charge in [0.1, 0.15) is 0 Å². The quantitative estimate of drug-likeness (QED) is 0.924. The van der Waals surface area contributed by atoms with Crippen LogP contribution in [0.2, 0.25) is 0 Å². The molecule has 19 heavy (non-hydrogen) atoms. The van der Waals surface area contributed by atoms with Gasteiger partial charge in [0.15, 0.2) is 0 Å². The van der Waals surface area contributed by atoms with Gasteiger partial charge < -0.3 is 15.1 Å². The Morgan fingerprint density at radius 1 is 1.47 bits per heavy atom. The first-order valence-corrected chi connectivity index (χ1v) is 7.77. The Bertz CT molecular complexity index is 397. The summed E-state index contributed by atoms with van der Waals surface area (Å²) in [6.45, 7) is 6.10. The van der Waals surface area contributed by atoms with Crippen molar-refractivity contribution in [3.8, 4) is 0 Å². The maximum atomic E-state index is 12.0. The Kier molecular flexibility index (Phi) is 4.69. The zero-order valence-corrected chi connectivity index (χ0v) is 12.7. The van der Waals surface area contributed by atoms with Gasteiger partial charge in [0.05, 0.1) is 5.00 Å². The molecule has 1 fully saturated rings. The van der Waals surface area contributed by atoms with Gasteiger partial charge in [-0.15, -0.1) is 11.3 Å². The monoisotopic (exact) mass is 281 g/mol. The molecule has 0 atom stereocenters. The van der Waals surface area contributed by atoms with Crippen molar-refractivity contribution in [3.05, 3.63) is 17.5 Å². The molecule has 106 valence electrons. The van der Waals surface area contributed by atoms with Crippen molar-refractivity contribution in [2.45, 2.75) is 38.8 Å². The predicted octanol–water partition coefficient (Wildman–Crippen LogP) is 2.77. The standard InChI is InChI=1S/C14H23N3OS/c1-11(2)16(3)14(18)15-12-6-8-17(9-7-12)13-5-4-10-19-13/h4-5,10-12H,6-9H2,1-3H3,(H,15,18). The summed E-state index contributed by atoms with van der Waals surface area (Å²) in [6.07, 6.45) is 2.05. The molecule has 0 bridgehead atoms. The second-order valence-corrected chi connectivity index (χ2v) is 6.29. The second kappa shape index (κ2) is 6.28. The van der Waals surface area contributed by atoms with Crippen molar-refractivity contribution in [1.82, 2.24) is 10.2 Å². The Hall–Kier alpha value is -1.23. The minimum absolute atomic E-state index is 0.0459. The van der Waals surface area contributed by atoms with Gasteiger partial charge in [0.2, 0.25) is 0 Å². The van der Waals surface area contributed by atoms with E-state index in [1.54, 1.807) is 16.2 Å². The molecular formula is C14H23N3OS. The zero-order valence-electron chi connectivity index (χ0n) is 11.9.